The van der Waals surface area contributed by atoms with Gasteiger partial charge in [0, 0.05) is 12.0 Å². The van der Waals surface area contributed by atoms with E-state index >= 15 is 0 Å². The van der Waals surface area contributed by atoms with Gasteiger partial charge in [0.2, 0.25) is 5.91 Å². The lowest BCUT2D eigenvalue weighted by Crippen LogP contribution is -2.40. The molecule has 0 N–H and O–H groups in total. The van der Waals surface area contributed by atoms with Gasteiger partial charge in [-0.25, -0.2) is 0 Å². The van der Waals surface area contributed by atoms with E-state index in [1.165, 1.54) is 0 Å². The molecule has 4 heteroatoms. The van der Waals surface area contributed by atoms with Crippen LogP contribution in [0.2, 0.25) is 0 Å². The van der Waals surface area contributed by atoms with E-state index in [0.717, 1.165) is 12.8 Å². The van der Waals surface area contributed by atoms with E-state index in [1.807, 2.05) is 13.8 Å². The van der Waals surface area contributed by atoms with E-state index in [1.54, 1.807) is 11.8 Å². The lowest BCUT2D eigenvalue weighted by atomic mass is 10.2. The number of amides is 1. The summed E-state index contributed by atoms with van der Waals surface area (Å²) in [7, 11) is 0. The molecule has 86 valence electrons. The van der Waals surface area contributed by atoms with Crippen LogP contribution in [-0.4, -0.2) is 36.0 Å². The minimum Gasteiger partial charge on any atom is -0.465 e. The van der Waals surface area contributed by atoms with Crippen LogP contribution in [0.15, 0.2) is 0 Å². The van der Waals surface area contributed by atoms with E-state index in [9.17, 15) is 9.59 Å². The van der Waals surface area contributed by atoms with Crippen LogP contribution < -0.4 is 0 Å². The quantitative estimate of drug-likeness (QED) is 0.645. The number of carbonyl (C=O) groups is 2. The average Bonchev–Trinajstić information content (AvgIpc) is 2.96. The predicted molar refractivity (Wildman–Crippen MR) is 56.2 cm³/mol. The van der Waals surface area contributed by atoms with Gasteiger partial charge in [-0.1, -0.05) is 13.8 Å². The molecule has 0 saturated heterocycles. The van der Waals surface area contributed by atoms with Gasteiger partial charge in [0.15, 0.2) is 0 Å². The number of hydrogen-bond donors (Lipinski definition) is 0. The Morgan fingerprint density at radius 1 is 1.40 bits per heavy atom. The van der Waals surface area contributed by atoms with Crippen molar-refractivity contribution in [3.8, 4) is 0 Å². The summed E-state index contributed by atoms with van der Waals surface area (Å²) in [6.45, 7) is 5.94. The Balaban J connectivity index is 2.51. The van der Waals surface area contributed by atoms with Gasteiger partial charge in [0.05, 0.1) is 6.61 Å². The Morgan fingerprint density at radius 2 is 2.00 bits per heavy atom. The summed E-state index contributed by atoms with van der Waals surface area (Å²) in [5.41, 5.74) is 0. The Bertz CT molecular complexity index is 246. The zero-order valence-electron chi connectivity index (χ0n) is 9.66. The highest BCUT2D eigenvalue weighted by Crippen LogP contribution is 2.27. The van der Waals surface area contributed by atoms with Crippen molar-refractivity contribution in [3.63, 3.8) is 0 Å². The van der Waals surface area contributed by atoms with Crippen LogP contribution in [0.3, 0.4) is 0 Å². The third-order valence-corrected chi connectivity index (χ3v) is 2.37. The van der Waals surface area contributed by atoms with E-state index in [4.69, 9.17) is 4.74 Å². The number of carbonyl (C=O) groups excluding carboxylic acids is 2. The fraction of sp³-hybridized carbons (Fsp3) is 0.818. The van der Waals surface area contributed by atoms with Crippen molar-refractivity contribution in [3.05, 3.63) is 0 Å². The molecule has 0 aliphatic heterocycles. The van der Waals surface area contributed by atoms with Gasteiger partial charge in [-0.15, -0.1) is 0 Å². The third-order valence-electron chi connectivity index (χ3n) is 2.37. The molecule has 0 radical (unpaired) electrons. The first kappa shape index (κ1) is 12.0. The van der Waals surface area contributed by atoms with Crippen molar-refractivity contribution in [2.24, 2.45) is 5.92 Å². The Hall–Kier alpha value is -1.06. The maximum atomic E-state index is 11.8. The molecule has 1 fully saturated rings. The Morgan fingerprint density at radius 3 is 2.40 bits per heavy atom. The zero-order chi connectivity index (χ0) is 11.4. The van der Waals surface area contributed by atoms with Crippen LogP contribution in [0.25, 0.3) is 0 Å². The molecule has 15 heavy (non-hydrogen) atoms. The molecule has 0 spiro atoms. The first-order chi connectivity index (χ1) is 7.06. The number of rotatable bonds is 5. The van der Waals surface area contributed by atoms with Crippen molar-refractivity contribution in [1.82, 2.24) is 4.90 Å². The standard InChI is InChI=1S/C11H19NO3/c1-4-15-10(13)7-12(9-5-6-9)11(14)8(2)3/h8-9H,4-7H2,1-3H3. The fourth-order valence-electron chi connectivity index (χ4n) is 1.45. The second-order valence-electron chi connectivity index (χ2n) is 4.16. The number of hydrogen-bond acceptors (Lipinski definition) is 3. The van der Waals surface area contributed by atoms with E-state index in [2.05, 4.69) is 0 Å². The van der Waals surface area contributed by atoms with Crippen LogP contribution in [-0.2, 0) is 14.3 Å². The van der Waals surface area contributed by atoms with Crippen LogP contribution in [0.4, 0.5) is 0 Å². The SMILES string of the molecule is CCOC(=O)CN(C(=O)C(C)C)C1CC1. The highest BCUT2D eigenvalue weighted by molar-refractivity contribution is 5.83. The second-order valence-corrected chi connectivity index (χ2v) is 4.16. The lowest BCUT2D eigenvalue weighted by Gasteiger charge is -2.23. The van der Waals surface area contributed by atoms with Crippen LogP contribution in [0, 0.1) is 5.92 Å². The molecule has 0 bridgehead atoms. The molecular weight excluding hydrogens is 194 g/mol. The maximum Gasteiger partial charge on any atom is 0.325 e. The number of esters is 1. The van der Waals surface area contributed by atoms with E-state index < -0.39 is 0 Å². The molecule has 4 nitrogen and oxygen atoms in total. The summed E-state index contributed by atoms with van der Waals surface area (Å²) >= 11 is 0. The summed E-state index contributed by atoms with van der Waals surface area (Å²) in [4.78, 5) is 24.7. The number of ether oxygens (including phenoxy) is 1. The predicted octanol–water partition coefficient (Wildman–Crippen LogP) is 1.20. The molecular formula is C11H19NO3. The third kappa shape index (κ3) is 3.53. The van der Waals surface area contributed by atoms with Gasteiger partial charge in [-0.05, 0) is 19.8 Å². The molecule has 0 atom stereocenters. The summed E-state index contributed by atoms with van der Waals surface area (Å²) in [5.74, 6) is -0.316. The van der Waals surface area contributed by atoms with E-state index in [-0.39, 0.29) is 30.4 Å². The summed E-state index contributed by atoms with van der Waals surface area (Å²) in [5, 5.41) is 0. The molecule has 0 aromatic carbocycles. The Labute approximate surface area is 90.6 Å². The highest BCUT2D eigenvalue weighted by atomic mass is 16.5. The Kier molecular flexibility index (Phi) is 4.12. The molecule has 0 unspecified atom stereocenters. The largest absolute Gasteiger partial charge is 0.465 e. The molecule has 0 heterocycles. The van der Waals surface area contributed by atoms with Crippen molar-refractivity contribution in [2.75, 3.05) is 13.2 Å². The normalized spacial score (nSPS) is 15.2. The van der Waals surface area contributed by atoms with Gasteiger partial charge in [0.25, 0.3) is 0 Å². The molecule has 1 rings (SSSR count). The van der Waals surface area contributed by atoms with Gasteiger partial charge in [-0.3, -0.25) is 9.59 Å². The summed E-state index contributed by atoms with van der Waals surface area (Å²) in [6.07, 6.45) is 2.02. The lowest BCUT2D eigenvalue weighted by molar-refractivity contribution is -0.150. The molecule has 1 amide bonds. The zero-order valence-corrected chi connectivity index (χ0v) is 9.66. The smallest absolute Gasteiger partial charge is 0.325 e. The molecule has 1 aliphatic carbocycles. The van der Waals surface area contributed by atoms with E-state index in [0.29, 0.717) is 6.61 Å². The topological polar surface area (TPSA) is 46.6 Å². The molecule has 1 saturated carbocycles. The number of nitrogens with zero attached hydrogens (tertiary/aromatic N) is 1. The van der Waals surface area contributed by atoms with Crippen LogP contribution >= 0.6 is 0 Å². The first-order valence-corrected chi connectivity index (χ1v) is 5.52. The van der Waals surface area contributed by atoms with Crippen molar-refractivity contribution in [1.29, 1.82) is 0 Å². The maximum absolute atomic E-state index is 11.8. The average molecular weight is 213 g/mol. The van der Waals surface area contributed by atoms with Gasteiger partial charge >= 0.3 is 5.97 Å². The fourth-order valence-corrected chi connectivity index (χ4v) is 1.45. The van der Waals surface area contributed by atoms with Crippen LogP contribution in [0.5, 0.6) is 0 Å². The minimum atomic E-state index is -0.307. The highest BCUT2D eigenvalue weighted by Gasteiger charge is 2.34. The monoisotopic (exact) mass is 213 g/mol. The summed E-state index contributed by atoms with van der Waals surface area (Å²) in [6, 6.07) is 0.268. The van der Waals surface area contributed by atoms with Gasteiger partial charge < -0.3 is 9.64 Å². The van der Waals surface area contributed by atoms with Crippen molar-refractivity contribution in [2.45, 2.75) is 39.7 Å². The van der Waals surface area contributed by atoms with Crippen molar-refractivity contribution < 1.29 is 14.3 Å². The second kappa shape index (κ2) is 5.14. The van der Waals surface area contributed by atoms with Gasteiger partial charge in [-0.2, -0.15) is 0 Å². The minimum absolute atomic E-state index is 0.0468. The molecule has 1 aliphatic rings. The van der Waals surface area contributed by atoms with Gasteiger partial charge in [0.1, 0.15) is 6.54 Å². The first-order valence-electron chi connectivity index (χ1n) is 5.52. The molecule has 0 aromatic rings. The molecule has 0 aromatic heterocycles. The summed E-state index contributed by atoms with van der Waals surface area (Å²) < 4.78 is 4.85. The van der Waals surface area contributed by atoms with Crippen molar-refractivity contribution >= 4 is 11.9 Å². The van der Waals surface area contributed by atoms with Crippen LogP contribution in [0.1, 0.15) is 33.6 Å².